The third-order valence-electron chi connectivity index (χ3n) is 5.70. The van der Waals surface area contributed by atoms with E-state index in [1.54, 1.807) is 11.6 Å². The van der Waals surface area contributed by atoms with Crippen molar-refractivity contribution in [3.63, 3.8) is 0 Å². The third kappa shape index (κ3) is 2.73. The van der Waals surface area contributed by atoms with Crippen LogP contribution in [0.2, 0.25) is 0 Å². The number of carbonyl (C=O) groups is 1. The molecule has 1 aliphatic heterocycles. The van der Waals surface area contributed by atoms with Crippen molar-refractivity contribution in [2.24, 2.45) is 0 Å². The standard InChI is InChI=1S/C23H23N3O4/c1-4-28-22(27)20-16-11-23(2,3)17-7-5-13(24)9-15(17)21(16)26(25-20)14-6-8-18-19(10-14)30-12-29-18/h5-10H,4,11-12,24H2,1-3H3. The van der Waals surface area contributed by atoms with Gasteiger partial charge in [0.25, 0.3) is 0 Å². The van der Waals surface area contributed by atoms with Gasteiger partial charge < -0.3 is 19.9 Å². The summed E-state index contributed by atoms with van der Waals surface area (Å²) in [6.45, 7) is 6.60. The van der Waals surface area contributed by atoms with Gasteiger partial charge in [0, 0.05) is 22.9 Å². The number of hydrogen-bond donors (Lipinski definition) is 1. The van der Waals surface area contributed by atoms with Crippen molar-refractivity contribution in [3.05, 3.63) is 53.2 Å². The van der Waals surface area contributed by atoms with Gasteiger partial charge in [-0.3, -0.25) is 0 Å². The zero-order valence-corrected chi connectivity index (χ0v) is 17.2. The number of anilines is 1. The normalized spacial score (nSPS) is 15.4. The number of carbonyl (C=O) groups excluding carboxylic acids is 1. The highest BCUT2D eigenvalue weighted by molar-refractivity contribution is 5.93. The minimum Gasteiger partial charge on any atom is -0.461 e. The van der Waals surface area contributed by atoms with E-state index in [0.717, 1.165) is 22.5 Å². The van der Waals surface area contributed by atoms with Crippen LogP contribution in [-0.4, -0.2) is 29.1 Å². The molecule has 0 saturated heterocycles. The Morgan fingerprint density at radius 2 is 2.00 bits per heavy atom. The molecule has 0 atom stereocenters. The van der Waals surface area contributed by atoms with Crippen molar-refractivity contribution in [3.8, 4) is 28.4 Å². The first-order chi connectivity index (χ1) is 14.4. The van der Waals surface area contributed by atoms with Crippen molar-refractivity contribution >= 4 is 11.7 Å². The van der Waals surface area contributed by atoms with Gasteiger partial charge in [-0.2, -0.15) is 5.10 Å². The second-order valence-electron chi connectivity index (χ2n) is 8.21. The molecule has 0 unspecified atom stereocenters. The lowest BCUT2D eigenvalue weighted by atomic mass is 9.71. The molecule has 2 heterocycles. The quantitative estimate of drug-likeness (QED) is 0.526. The maximum atomic E-state index is 12.8. The van der Waals surface area contributed by atoms with Gasteiger partial charge >= 0.3 is 5.97 Å². The fourth-order valence-corrected chi connectivity index (χ4v) is 4.35. The minimum absolute atomic E-state index is 0.181. The Morgan fingerprint density at radius 3 is 2.80 bits per heavy atom. The van der Waals surface area contributed by atoms with Crippen LogP contribution in [0.15, 0.2) is 36.4 Å². The third-order valence-corrected chi connectivity index (χ3v) is 5.70. The van der Waals surface area contributed by atoms with Gasteiger partial charge in [0.1, 0.15) is 0 Å². The molecule has 2 aliphatic rings. The summed E-state index contributed by atoms with van der Waals surface area (Å²) >= 11 is 0. The van der Waals surface area contributed by atoms with Gasteiger partial charge in [-0.1, -0.05) is 19.9 Å². The molecular formula is C23H23N3O4. The maximum Gasteiger partial charge on any atom is 0.359 e. The van der Waals surface area contributed by atoms with Crippen molar-refractivity contribution in [1.29, 1.82) is 0 Å². The molecule has 1 aromatic heterocycles. The van der Waals surface area contributed by atoms with Crippen LogP contribution in [-0.2, 0) is 16.6 Å². The molecular weight excluding hydrogens is 382 g/mol. The molecule has 154 valence electrons. The first kappa shape index (κ1) is 18.5. The molecule has 0 saturated carbocycles. The van der Waals surface area contributed by atoms with Gasteiger partial charge in [-0.25, -0.2) is 9.48 Å². The van der Waals surface area contributed by atoms with Crippen LogP contribution in [0.25, 0.3) is 16.9 Å². The van der Waals surface area contributed by atoms with Gasteiger partial charge in [-0.05, 0) is 48.6 Å². The van der Waals surface area contributed by atoms with Crippen LogP contribution in [0.3, 0.4) is 0 Å². The number of ether oxygens (including phenoxy) is 3. The first-order valence-electron chi connectivity index (χ1n) is 9.98. The summed E-state index contributed by atoms with van der Waals surface area (Å²) in [6, 6.07) is 11.6. The molecule has 0 spiro atoms. The monoisotopic (exact) mass is 405 g/mol. The molecule has 7 heteroatoms. The van der Waals surface area contributed by atoms with E-state index in [-0.39, 0.29) is 18.8 Å². The Labute approximate surface area is 174 Å². The van der Waals surface area contributed by atoms with Crippen LogP contribution in [0.5, 0.6) is 11.5 Å². The summed E-state index contributed by atoms with van der Waals surface area (Å²) in [5.41, 5.74) is 11.6. The summed E-state index contributed by atoms with van der Waals surface area (Å²) in [5, 5.41) is 4.71. The van der Waals surface area contributed by atoms with Gasteiger partial charge in [0.05, 0.1) is 18.0 Å². The summed E-state index contributed by atoms with van der Waals surface area (Å²) in [6.07, 6.45) is 0.665. The number of hydrogen-bond acceptors (Lipinski definition) is 6. The number of rotatable bonds is 3. The smallest absolute Gasteiger partial charge is 0.359 e. The second kappa shape index (κ2) is 6.52. The molecule has 0 bridgehead atoms. The highest BCUT2D eigenvalue weighted by Crippen LogP contribution is 2.46. The fourth-order valence-electron chi connectivity index (χ4n) is 4.35. The zero-order valence-electron chi connectivity index (χ0n) is 17.2. The summed E-state index contributed by atoms with van der Waals surface area (Å²) in [7, 11) is 0. The molecule has 0 amide bonds. The molecule has 2 N–H and O–H groups in total. The van der Waals surface area contributed by atoms with Crippen molar-refractivity contribution in [2.75, 3.05) is 19.1 Å². The Hall–Kier alpha value is -3.48. The number of nitrogens with zero attached hydrogens (tertiary/aromatic N) is 2. The number of esters is 1. The van der Waals surface area contributed by atoms with Crippen LogP contribution in [0.1, 0.15) is 42.4 Å². The molecule has 3 aromatic rings. The highest BCUT2D eigenvalue weighted by Gasteiger charge is 2.38. The first-order valence-corrected chi connectivity index (χ1v) is 9.98. The Kier molecular flexibility index (Phi) is 4.03. The summed E-state index contributed by atoms with van der Waals surface area (Å²) in [5.74, 6) is 0.922. The minimum atomic E-state index is -0.420. The average molecular weight is 405 g/mol. The molecule has 0 fully saturated rings. The highest BCUT2D eigenvalue weighted by atomic mass is 16.7. The summed E-state index contributed by atoms with van der Waals surface area (Å²) in [4.78, 5) is 12.8. The molecule has 0 radical (unpaired) electrons. The lowest BCUT2D eigenvalue weighted by Gasteiger charge is -2.33. The molecule has 30 heavy (non-hydrogen) atoms. The number of fused-ring (bicyclic) bond motifs is 4. The van der Waals surface area contributed by atoms with Crippen LogP contribution in [0, 0.1) is 0 Å². The molecule has 1 aliphatic carbocycles. The van der Waals surface area contributed by atoms with Crippen molar-refractivity contribution in [1.82, 2.24) is 9.78 Å². The zero-order chi connectivity index (χ0) is 21.0. The van der Waals surface area contributed by atoms with E-state index < -0.39 is 5.97 Å². The van der Waals surface area contributed by atoms with E-state index in [4.69, 9.17) is 25.0 Å². The SMILES string of the molecule is CCOC(=O)c1nn(-c2ccc3c(c2)OCO3)c2c1CC(C)(C)c1ccc(N)cc1-2. The van der Waals surface area contributed by atoms with Crippen LogP contribution >= 0.6 is 0 Å². The van der Waals surface area contributed by atoms with Crippen LogP contribution in [0.4, 0.5) is 5.69 Å². The van der Waals surface area contributed by atoms with E-state index >= 15 is 0 Å². The largest absolute Gasteiger partial charge is 0.461 e. The predicted molar refractivity (Wildman–Crippen MR) is 112 cm³/mol. The van der Waals surface area contributed by atoms with E-state index in [2.05, 4.69) is 19.9 Å². The van der Waals surface area contributed by atoms with Crippen molar-refractivity contribution < 1.29 is 19.0 Å². The van der Waals surface area contributed by atoms with Gasteiger partial charge in [0.15, 0.2) is 17.2 Å². The number of benzene rings is 2. The fraction of sp³-hybridized carbons (Fsp3) is 0.304. The Balaban J connectivity index is 1.79. The van der Waals surface area contributed by atoms with E-state index in [9.17, 15) is 4.79 Å². The molecule has 5 rings (SSSR count). The van der Waals surface area contributed by atoms with Gasteiger partial charge in [-0.15, -0.1) is 0 Å². The molecule has 7 nitrogen and oxygen atoms in total. The lowest BCUT2D eigenvalue weighted by Crippen LogP contribution is -2.27. The Bertz CT molecular complexity index is 1180. The van der Waals surface area contributed by atoms with Crippen LogP contribution < -0.4 is 15.2 Å². The van der Waals surface area contributed by atoms with Gasteiger partial charge in [0.2, 0.25) is 6.79 Å². The number of aromatic nitrogens is 2. The van der Waals surface area contributed by atoms with Crippen molar-refractivity contribution in [2.45, 2.75) is 32.6 Å². The average Bonchev–Trinajstić information content (AvgIpc) is 3.31. The van der Waals surface area contributed by atoms with E-state index in [1.165, 1.54) is 5.56 Å². The van der Waals surface area contributed by atoms with E-state index in [1.807, 2.05) is 30.3 Å². The number of nitrogen functional groups attached to an aromatic ring is 1. The van der Waals surface area contributed by atoms with E-state index in [0.29, 0.717) is 29.3 Å². The second-order valence-corrected chi connectivity index (χ2v) is 8.21. The number of nitrogens with two attached hydrogens (primary N) is 1. The lowest BCUT2D eigenvalue weighted by molar-refractivity contribution is 0.0517. The predicted octanol–water partition coefficient (Wildman–Crippen LogP) is 3.86. The molecule has 2 aromatic carbocycles. The Morgan fingerprint density at radius 1 is 1.20 bits per heavy atom. The summed E-state index contributed by atoms with van der Waals surface area (Å²) < 4.78 is 18.1. The topological polar surface area (TPSA) is 88.6 Å². The maximum absolute atomic E-state index is 12.8.